The number of thiophene rings is 1. The minimum atomic E-state index is -0.776. The van der Waals surface area contributed by atoms with Gasteiger partial charge >= 0.3 is 5.97 Å². The number of anilines is 1. The Hall–Kier alpha value is -1.73. The van der Waals surface area contributed by atoms with Gasteiger partial charge in [0.25, 0.3) is 0 Å². The average molecular weight is 307 g/mol. The van der Waals surface area contributed by atoms with Crippen LogP contribution in [0.2, 0.25) is 0 Å². The van der Waals surface area contributed by atoms with Crippen LogP contribution in [0.5, 0.6) is 0 Å². The second-order valence-electron chi connectivity index (χ2n) is 5.37. The number of nitrogens with one attached hydrogen (secondary N) is 1. The second-order valence-corrected chi connectivity index (χ2v) is 6.25. The first-order valence-corrected chi connectivity index (χ1v) is 7.74. The number of nitrogens with zero attached hydrogens (tertiary/aromatic N) is 2. The van der Waals surface area contributed by atoms with E-state index in [0.717, 1.165) is 15.8 Å². The highest BCUT2D eigenvalue weighted by molar-refractivity contribution is 7.18. The van der Waals surface area contributed by atoms with Crippen LogP contribution in [0.1, 0.15) is 18.4 Å². The molecule has 0 radical (unpaired) electrons. The van der Waals surface area contributed by atoms with Gasteiger partial charge in [0.15, 0.2) is 0 Å². The third-order valence-corrected chi connectivity index (χ3v) is 5.12. The van der Waals surface area contributed by atoms with Crippen LogP contribution in [-0.2, 0) is 9.53 Å². The van der Waals surface area contributed by atoms with Crippen molar-refractivity contribution in [3.05, 3.63) is 17.3 Å². The minimum Gasteiger partial charge on any atom is -0.481 e. The molecule has 0 unspecified atom stereocenters. The summed E-state index contributed by atoms with van der Waals surface area (Å²) in [5, 5.41) is 14.8. The van der Waals surface area contributed by atoms with E-state index in [0.29, 0.717) is 38.4 Å². The van der Waals surface area contributed by atoms with Gasteiger partial charge in [-0.05, 0) is 30.7 Å². The second kappa shape index (κ2) is 5.57. The van der Waals surface area contributed by atoms with E-state index in [9.17, 15) is 9.90 Å². The Balaban J connectivity index is 1.83. The molecule has 112 valence electrons. The molecule has 1 saturated heterocycles. The van der Waals surface area contributed by atoms with Crippen molar-refractivity contribution in [1.29, 1.82) is 0 Å². The predicted octanol–water partition coefficient (Wildman–Crippen LogP) is 2.29. The predicted molar refractivity (Wildman–Crippen MR) is 80.8 cm³/mol. The molecule has 3 rings (SSSR count). The lowest BCUT2D eigenvalue weighted by Crippen LogP contribution is -2.42. The molecule has 0 spiro atoms. The standard InChI is InChI=1S/C14H17N3O3S/c1-9-6-21-11-10(9)16-8-17-12(11)15-7-14(13(18)19)2-4-20-5-3-14/h6,8H,2-5,7H2,1H3,(H,18,19)(H,15,16,17). The van der Waals surface area contributed by atoms with E-state index < -0.39 is 11.4 Å². The smallest absolute Gasteiger partial charge is 0.311 e. The largest absolute Gasteiger partial charge is 0.481 e. The fourth-order valence-corrected chi connectivity index (χ4v) is 3.54. The molecule has 3 heterocycles. The number of aromatic nitrogens is 2. The monoisotopic (exact) mass is 307 g/mol. The molecular formula is C14H17N3O3S. The van der Waals surface area contributed by atoms with E-state index in [1.54, 1.807) is 11.3 Å². The summed E-state index contributed by atoms with van der Waals surface area (Å²) in [6.07, 6.45) is 2.56. The Morgan fingerprint density at radius 3 is 2.95 bits per heavy atom. The molecule has 21 heavy (non-hydrogen) atoms. The highest BCUT2D eigenvalue weighted by Gasteiger charge is 2.40. The van der Waals surface area contributed by atoms with Crippen molar-refractivity contribution in [3.8, 4) is 0 Å². The third kappa shape index (κ3) is 2.58. The first-order chi connectivity index (χ1) is 10.1. The zero-order valence-corrected chi connectivity index (χ0v) is 12.6. The average Bonchev–Trinajstić information content (AvgIpc) is 2.88. The lowest BCUT2D eigenvalue weighted by Gasteiger charge is -2.33. The summed E-state index contributed by atoms with van der Waals surface area (Å²) >= 11 is 1.57. The number of aliphatic carboxylic acids is 1. The van der Waals surface area contributed by atoms with Crippen molar-refractivity contribution in [2.24, 2.45) is 5.41 Å². The van der Waals surface area contributed by atoms with Crippen LogP contribution in [0, 0.1) is 12.3 Å². The topological polar surface area (TPSA) is 84.3 Å². The van der Waals surface area contributed by atoms with E-state index in [-0.39, 0.29) is 0 Å². The fraction of sp³-hybridized carbons (Fsp3) is 0.500. The Kier molecular flexibility index (Phi) is 3.77. The number of rotatable bonds is 4. The summed E-state index contributed by atoms with van der Waals surface area (Å²) in [5.41, 5.74) is 1.26. The first kappa shape index (κ1) is 14.2. The lowest BCUT2D eigenvalue weighted by atomic mass is 9.80. The van der Waals surface area contributed by atoms with Gasteiger partial charge in [0.05, 0.1) is 15.6 Å². The van der Waals surface area contributed by atoms with E-state index in [1.807, 2.05) is 12.3 Å². The maximum atomic E-state index is 11.6. The van der Waals surface area contributed by atoms with Crippen molar-refractivity contribution < 1.29 is 14.6 Å². The molecule has 0 aromatic carbocycles. The van der Waals surface area contributed by atoms with Crippen molar-refractivity contribution in [1.82, 2.24) is 9.97 Å². The quantitative estimate of drug-likeness (QED) is 0.901. The molecular weight excluding hydrogens is 290 g/mol. The Labute approximate surface area is 126 Å². The third-order valence-electron chi connectivity index (χ3n) is 4.03. The number of carboxylic acids is 1. The molecule has 1 aliphatic rings. The molecule has 0 saturated carbocycles. The van der Waals surface area contributed by atoms with Crippen LogP contribution in [-0.4, -0.2) is 40.8 Å². The highest BCUT2D eigenvalue weighted by Crippen LogP contribution is 2.33. The van der Waals surface area contributed by atoms with E-state index in [4.69, 9.17) is 4.74 Å². The highest BCUT2D eigenvalue weighted by atomic mass is 32.1. The van der Waals surface area contributed by atoms with Gasteiger partial charge in [0.2, 0.25) is 0 Å². The maximum Gasteiger partial charge on any atom is 0.311 e. The summed E-state index contributed by atoms with van der Waals surface area (Å²) in [5.74, 6) is -0.0591. The Bertz CT molecular complexity index is 665. The summed E-state index contributed by atoms with van der Waals surface area (Å²) < 4.78 is 6.26. The lowest BCUT2D eigenvalue weighted by molar-refractivity contribution is -0.153. The van der Waals surface area contributed by atoms with Crippen LogP contribution < -0.4 is 5.32 Å². The molecule has 1 fully saturated rings. The van der Waals surface area contributed by atoms with Gasteiger partial charge in [-0.3, -0.25) is 4.79 Å². The summed E-state index contributed by atoms with van der Waals surface area (Å²) in [6, 6.07) is 0. The Morgan fingerprint density at radius 2 is 2.24 bits per heavy atom. The van der Waals surface area contributed by atoms with Crippen LogP contribution in [0.4, 0.5) is 5.82 Å². The van der Waals surface area contributed by atoms with Crippen molar-refractivity contribution in [3.63, 3.8) is 0 Å². The molecule has 2 N–H and O–H groups in total. The van der Waals surface area contributed by atoms with Crippen molar-refractivity contribution in [2.75, 3.05) is 25.1 Å². The zero-order valence-electron chi connectivity index (χ0n) is 11.8. The number of aryl methyl sites for hydroxylation is 1. The molecule has 1 aliphatic heterocycles. The molecule has 0 bridgehead atoms. The molecule has 0 atom stereocenters. The minimum absolute atomic E-state index is 0.356. The molecule has 0 aliphatic carbocycles. The van der Waals surface area contributed by atoms with E-state index in [2.05, 4.69) is 15.3 Å². The van der Waals surface area contributed by atoms with Gasteiger partial charge in [0, 0.05) is 19.8 Å². The van der Waals surface area contributed by atoms with Crippen LogP contribution in [0.25, 0.3) is 10.2 Å². The molecule has 6 nitrogen and oxygen atoms in total. The van der Waals surface area contributed by atoms with Crippen LogP contribution in [0.15, 0.2) is 11.7 Å². The summed E-state index contributed by atoms with van der Waals surface area (Å²) in [4.78, 5) is 20.2. The molecule has 0 amide bonds. The summed E-state index contributed by atoms with van der Waals surface area (Å²) in [6.45, 7) is 3.35. The van der Waals surface area contributed by atoms with Crippen molar-refractivity contribution in [2.45, 2.75) is 19.8 Å². The van der Waals surface area contributed by atoms with Gasteiger partial charge in [-0.2, -0.15) is 0 Å². The van der Waals surface area contributed by atoms with Gasteiger partial charge < -0.3 is 15.2 Å². The van der Waals surface area contributed by atoms with Gasteiger partial charge in [-0.1, -0.05) is 0 Å². The fourth-order valence-electron chi connectivity index (χ4n) is 2.58. The van der Waals surface area contributed by atoms with E-state index in [1.165, 1.54) is 6.33 Å². The van der Waals surface area contributed by atoms with Crippen LogP contribution >= 0.6 is 11.3 Å². The van der Waals surface area contributed by atoms with Crippen LogP contribution in [0.3, 0.4) is 0 Å². The summed E-state index contributed by atoms with van der Waals surface area (Å²) in [7, 11) is 0. The van der Waals surface area contributed by atoms with Gasteiger partial charge in [-0.25, -0.2) is 9.97 Å². The zero-order chi connectivity index (χ0) is 14.9. The number of hydrogen-bond acceptors (Lipinski definition) is 6. The normalized spacial score (nSPS) is 17.8. The number of ether oxygens (including phenoxy) is 1. The van der Waals surface area contributed by atoms with Crippen molar-refractivity contribution >= 4 is 33.3 Å². The first-order valence-electron chi connectivity index (χ1n) is 6.86. The molecule has 7 heteroatoms. The SMILES string of the molecule is Cc1csc2c(NCC3(C(=O)O)CCOCC3)ncnc12. The number of hydrogen-bond donors (Lipinski definition) is 2. The number of fused-ring (bicyclic) bond motifs is 1. The number of carbonyl (C=O) groups is 1. The van der Waals surface area contributed by atoms with Gasteiger partial charge in [-0.15, -0.1) is 11.3 Å². The van der Waals surface area contributed by atoms with E-state index >= 15 is 0 Å². The number of carboxylic acid groups (broad SMARTS) is 1. The van der Waals surface area contributed by atoms with Gasteiger partial charge in [0.1, 0.15) is 12.1 Å². The molecule has 2 aromatic heterocycles. The maximum absolute atomic E-state index is 11.6. The molecule has 2 aromatic rings. The Morgan fingerprint density at radius 1 is 1.48 bits per heavy atom.